The van der Waals surface area contributed by atoms with Gasteiger partial charge >= 0.3 is 110 Å². The molecule has 2 heteroatoms. The van der Waals surface area contributed by atoms with Crippen molar-refractivity contribution in [1.29, 1.82) is 0 Å². The van der Waals surface area contributed by atoms with E-state index in [1.165, 1.54) is 15.4 Å². The molecule has 0 aromatic heterocycles. The van der Waals surface area contributed by atoms with Gasteiger partial charge in [-0.25, -0.2) is 0 Å². The fraction of sp³-hybridized carbons (Fsp3) is 0.429. The van der Waals surface area contributed by atoms with E-state index >= 15 is 0 Å². The van der Waals surface area contributed by atoms with Crippen molar-refractivity contribution >= 4 is 31.0 Å². The average Bonchev–Trinajstić information content (AvgIpc) is 2.30. The first-order chi connectivity index (χ1) is 7.77. The molecule has 0 spiro atoms. The second-order valence-corrected chi connectivity index (χ2v) is 6.65. The van der Waals surface area contributed by atoms with Crippen LogP contribution in [-0.4, -0.2) is 15.0 Å². The molecule has 0 radical (unpaired) electrons. The molecule has 0 atom stereocenters. The van der Waals surface area contributed by atoms with Gasteiger partial charge < -0.3 is 0 Å². The summed E-state index contributed by atoms with van der Waals surface area (Å²) in [6.07, 6.45) is 4.50. The molecule has 88 valence electrons. The second kappa shape index (κ2) is 7.95. The fourth-order valence-corrected chi connectivity index (χ4v) is 4.24. The zero-order valence-corrected chi connectivity index (χ0v) is 12.5. The third kappa shape index (κ3) is 4.74. The number of halogens is 1. The quantitative estimate of drug-likeness (QED) is 0.695. The minimum absolute atomic E-state index is 0.406. The van der Waals surface area contributed by atoms with Gasteiger partial charge in [0, 0.05) is 0 Å². The van der Waals surface area contributed by atoms with Gasteiger partial charge in [0.25, 0.3) is 0 Å². The standard InChI is InChI=1S/C14H19ClSe/c1-3-8-13(15)14(9-4-2)16-12-10-6-5-7-11-12/h5-7,10-11H,3-4,8-9H2,1-2H3/b14-13+. The SMILES string of the molecule is CCC/C(Cl)=C(/CCC)[Se]c1ccccc1. The molecule has 0 aliphatic carbocycles. The number of allylic oxidation sites excluding steroid dienone is 2. The van der Waals surface area contributed by atoms with E-state index in [1.54, 1.807) is 0 Å². The molecule has 0 amide bonds. The molecule has 16 heavy (non-hydrogen) atoms. The van der Waals surface area contributed by atoms with Crippen LogP contribution in [0.5, 0.6) is 0 Å². The van der Waals surface area contributed by atoms with Crippen LogP contribution in [0.1, 0.15) is 39.5 Å². The Morgan fingerprint density at radius 2 is 1.69 bits per heavy atom. The van der Waals surface area contributed by atoms with Crippen LogP contribution in [-0.2, 0) is 0 Å². The summed E-state index contributed by atoms with van der Waals surface area (Å²) >= 11 is 6.78. The van der Waals surface area contributed by atoms with E-state index in [9.17, 15) is 0 Å². The zero-order valence-electron chi connectivity index (χ0n) is 10.0. The van der Waals surface area contributed by atoms with Gasteiger partial charge in [-0.15, -0.1) is 0 Å². The Hall–Kier alpha value is -0.231. The van der Waals surface area contributed by atoms with Gasteiger partial charge in [0.1, 0.15) is 0 Å². The van der Waals surface area contributed by atoms with Crippen LogP contribution in [0.2, 0.25) is 0 Å². The summed E-state index contributed by atoms with van der Waals surface area (Å²) in [5.41, 5.74) is 0. The van der Waals surface area contributed by atoms with Crippen LogP contribution < -0.4 is 4.46 Å². The predicted octanol–water partition coefficient (Wildman–Crippen LogP) is 4.07. The van der Waals surface area contributed by atoms with Gasteiger partial charge in [0.15, 0.2) is 0 Å². The third-order valence-electron chi connectivity index (χ3n) is 2.23. The maximum absolute atomic E-state index is 6.37. The molecule has 0 bridgehead atoms. The molecule has 1 rings (SSSR count). The molecule has 0 heterocycles. The molecule has 1 aromatic carbocycles. The van der Waals surface area contributed by atoms with Crippen molar-refractivity contribution < 1.29 is 0 Å². The Bertz CT molecular complexity index is 330. The van der Waals surface area contributed by atoms with E-state index < -0.39 is 0 Å². The zero-order chi connectivity index (χ0) is 11.8. The molecule has 1 aromatic rings. The van der Waals surface area contributed by atoms with Gasteiger partial charge in [-0.05, 0) is 0 Å². The molecule has 0 saturated heterocycles. The topological polar surface area (TPSA) is 0 Å². The summed E-state index contributed by atoms with van der Waals surface area (Å²) < 4.78 is 2.90. The average molecular weight is 302 g/mol. The molecule has 0 unspecified atom stereocenters. The van der Waals surface area contributed by atoms with E-state index in [1.807, 2.05) is 0 Å². The van der Waals surface area contributed by atoms with Crippen LogP contribution >= 0.6 is 11.6 Å². The molecule has 0 aliphatic heterocycles. The van der Waals surface area contributed by atoms with Crippen molar-refractivity contribution in [1.82, 2.24) is 0 Å². The van der Waals surface area contributed by atoms with Crippen LogP contribution in [0.25, 0.3) is 0 Å². The van der Waals surface area contributed by atoms with E-state index in [2.05, 4.69) is 44.2 Å². The van der Waals surface area contributed by atoms with Crippen molar-refractivity contribution in [2.75, 3.05) is 0 Å². The molecule has 0 aliphatic rings. The molecular formula is C14H19ClSe. The summed E-state index contributed by atoms with van der Waals surface area (Å²) in [5.74, 6) is 0. The summed E-state index contributed by atoms with van der Waals surface area (Å²) in [7, 11) is 0. The summed E-state index contributed by atoms with van der Waals surface area (Å²) in [6, 6.07) is 10.7. The normalized spacial score (nSPS) is 12.4. The molecule has 0 nitrogen and oxygen atoms in total. The third-order valence-corrected chi connectivity index (χ3v) is 5.43. The molecular weight excluding hydrogens is 283 g/mol. The first-order valence-corrected chi connectivity index (χ1v) is 7.97. The van der Waals surface area contributed by atoms with E-state index in [-0.39, 0.29) is 0 Å². The Balaban J connectivity index is 2.75. The first-order valence-electron chi connectivity index (χ1n) is 5.88. The molecule has 0 fully saturated rings. The number of rotatable bonds is 6. The number of hydrogen-bond donors (Lipinski definition) is 0. The number of benzene rings is 1. The minimum atomic E-state index is 0.406. The fourth-order valence-electron chi connectivity index (χ4n) is 1.46. The molecule has 0 saturated carbocycles. The Labute approximate surface area is 110 Å². The summed E-state index contributed by atoms with van der Waals surface area (Å²) in [4.78, 5) is 0. The Morgan fingerprint density at radius 1 is 1.06 bits per heavy atom. The number of hydrogen-bond acceptors (Lipinski definition) is 0. The first kappa shape index (κ1) is 13.8. The summed E-state index contributed by atoms with van der Waals surface area (Å²) in [6.45, 7) is 4.40. The van der Waals surface area contributed by atoms with Gasteiger partial charge in [-0.1, -0.05) is 0 Å². The second-order valence-electron chi connectivity index (χ2n) is 3.74. The van der Waals surface area contributed by atoms with Crippen LogP contribution in [0.15, 0.2) is 39.8 Å². The maximum atomic E-state index is 6.37. The Morgan fingerprint density at radius 3 is 2.25 bits per heavy atom. The monoisotopic (exact) mass is 302 g/mol. The van der Waals surface area contributed by atoms with Gasteiger partial charge in [0.2, 0.25) is 0 Å². The van der Waals surface area contributed by atoms with E-state index in [4.69, 9.17) is 11.6 Å². The van der Waals surface area contributed by atoms with Crippen molar-refractivity contribution in [3.05, 3.63) is 39.8 Å². The summed E-state index contributed by atoms with van der Waals surface area (Å²) in [5, 5.41) is 1.10. The van der Waals surface area contributed by atoms with Crippen LogP contribution in [0.4, 0.5) is 0 Å². The van der Waals surface area contributed by atoms with Crippen molar-refractivity contribution in [3.63, 3.8) is 0 Å². The van der Waals surface area contributed by atoms with E-state index in [0.717, 1.165) is 24.3 Å². The van der Waals surface area contributed by atoms with Crippen molar-refractivity contribution in [2.24, 2.45) is 0 Å². The van der Waals surface area contributed by atoms with Gasteiger partial charge in [0.05, 0.1) is 0 Å². The van der Waals surface area contributed by atoms with Crippen molar-refractivity contribution in [2.45, 2.75) is 39.5 Å². The van der Waals surface area contributed by atoms with Crippen LogP contribution in [0.3, 0.4) is 0 Å². The predicted molar refractivity (Wildman–Crippen MR) is 74.5 cm³/mol. The van der Waals surface area contributed by atoms with Crippen molar-refractivity contribution in [3.8, 4) is 0 Å². The van der Waals surface area contributed by atoms with E-state index in [0.29, 0.717) is 15.0 Å². The van der Waals surface area contributed by atoms with Crippen LogP contribution in [0, 0.1) is 0 Å². The van der Waals surface area contributed by atoms with Gasteiger partial charge in [-0.2, -0.15) is 0 Å². The molecule has 0 N–H and O–H groups in total. The Kier molecular flexibility index (Phi) is 6.87. The van der Waals surface area contributed by atoms with Gasteiger partial charge in [-0.3, -0.25) is 0 Å².